The predicted octanol–water partition coefficient (Wildman–Crippen LogP) is 4.55. The molecule has 2 rings (SSSR count). The van der Waals surface area contributed by atoms with Crippen LogP contribution in [0.3, 0.4) is 0 Å². The van der Waals surface area contributed by atoms with Crippen molar-refractivity contribution in [3.8, 4) is 0 Å². The Labute approximate surface area is 136 Å². The lowest BCUT2D eigenvalue weighted by Crippen LogP contribution is -2.40. The van der Waals surface area contributed by atoms with Gasteiger partial charge in [-0.2, -0.15) is 0 Å². The van der Waals surface area contributed by atoms with E-state index in [-0.39, 0.29) is 12.1 Å². The van der Waals surface area contributed by atoms with Crippen molar-refractivity contribution in [3.05, 3.63) is 35.4 Å². The van der Waals surface area contributed by atoms with E-state index in [1.165, 1.54) is 56.1 Å². The summed E-state index contributed by atoms with van der Waals surface area (Å²) < 4.78 is 0. The maximum atomic E-state index is 9.38. The van der Waals surface area contributed by atoms with Crippen molar-refractivity contribution in [3.63, 3.8) is 0 Å². The highest BCUT2D eigenvalue weighted by Gasteiger charge is 2.35. The molecule has 2 atom stereocenters. The Morgan fingerprint density at radius 3 is 2.41 bits per heavy atom. The summed E-state index contributed by atoms with van der Waals surface area (Å²) in [6, 6.07) is 9.13. The molecule has 124 valence electrons. The van der Waals surface area contributed by atoms with Gasteiger partial charge < -0.3 is 10.8 Å². The van der Waals surface area contributed by atoms with Crippen molar-refractivity contribution in [1.82, 2.24) is 0 Å². The fourth-order valence-corrected chi connectivity index (χ4v) is 3.65. The Balaban J connectivity index is 1.74. The molecule has 0 radical (unpaired) electrons. The zero-order chi connectivity index (χ0) is 15.8. The normalized spacial score (nSPS) is 24.8. The van der Waals surface area contributed by atoms with Crippen LogP contribution < -0.4 is 5.73 Å². The Morgan fingerprint density at radius 1 is 1.09 bits per heavy atom. The molecule has 1 unspecified atom stereocenters. The van der Waals surface area contributed by atoms with E-state index in [2.05, 4.69) is 31.2 Å². The van der Waals surface area contributed by atoms with Crippen LogP contribution in [0.4, 0.5) is 0 Å². The fraction of sp³-hybridized carbons (Fsp3) is 0.700. The van der Waals surface area contributed by atoms with Gasteiger partial charge in [0, 0.05) is 5.54 Å². The van der Waals surface area contributed by atoms with Crippen molar-refractivity contribution >= 4 is 0 Å². The summed E-state index contributed by atoms with van der Waals surface area (Å²) in [5, 5.41) is 9.38. The molecule has 1 aromatic carbocycles. The summed E-state index contributed by atoms with van der Waals surface area (Å²) in [5.74, 6) is 0.528. The minimum atomic E-state index is -0.345. The summed E-state index contributed by atoms with van der Waals surface area (Å²) in [6.45, 7) is 2.38. The summed E-state index contributed by atoms with van der Waals surface area (Å²) >= 11 is 0. The SMILES string of the molecule is CCCCCCCCc1ccc([C@H]2CCC(N)(CO)C2)cc1. The topological polar surface area (TPSA) is 46.2 Å². The third-order valence-corrected chi connectivity index (χ3v) is 5.23. The third-order valence-electron chi connectivity index (χ3n) is 5.23. The van der Waals surface area contributed by atoms with Gasteiger partial charge in [-0.3, -0.25) is 0 Å². The van der Waals surface area contributed by atoms with E-state index in [0.717, 1.165) is 19.3 Å². The first-order chi connectivity index (χ1) is 10.7. The maximum Gasteiger partial charge on any atom is 0.0611 e. The standard InChI is InChI=1S/C20H33NO/c1-2-3-4-5-6-7-8-17-9-11-18(12-10-17)19-13-14-20(21,15-19)16-22/h9-12,19,22H,2-8,13-16,21H2,1H3/t19-,20?/m0/s1. The fourth-order valence-electron chi connectivity index (χ4n) is 3.65. The van der Waals surface area contributed by atoms with E-state index in [9.17, 15) is 5.11 Å². The van der Waals surface area contributed by atoms with Gasteiger partial charge >= 0.3 is 0 Å². The Morgan fingerprint density at radius 2 is 1.77 bits per heavy atom. The molecule has 1 saturated carbocycles. The summed E-state index contributed by atoms with van der Waals surface area (Å²) in [7, 11) is 0. The maximum absolute atomic E-state index is 9.38. The molecule has 0 aliphatic heterocycles. The van der Waals surface area contributed by atoms with Crippen molar-refractivity contribution < 1.29 is 5.11 Å². The summed E-state index contributed by atoms with van der Waals surface area (Å²) in [5.41, 5.74) is 8.69. The minimum absolute atomic E-state index is 0.111. The van der Waals surface area contributed by atoms with Gasteiger partial charge in [0.1, 0.15) is 0 Å². The second-order valence-electron chi connectivity index (χ2n) is 7.22. The molecule has 2 heteroatoms. The van der Waals surface area contributed by atoms with Crippen LogP contribution in [-0.2, 0) is 6.42 Å². The molecule has 22 heavy (non-hydrogen) atoms. The van der Waals surface area contributed by atoms with E-state index in [4.69, 9.17) is 5.73 Å². The van der Waals surface area contributed by atoms with Gasteiger partial charge in [0.2, 0.25) is 0 Å². The van der Waals surface area contributed by atoms with Gasteiger partial charge in [-0.05, 0) is 49.1 Å². The van der Waals surface area contributed by atoms with Gasteiger partial charge in [-0.25, -0.2) is 0 Å². The van der Waals surface area contributed by atoms with Gasteiger partial charge in [0.05, 0.1) is 6.61 Å². The van der Waals surface area contributed by atoms with Gasteiger partial charge in [-0.1, -0.05) is 63.3 Å². The molecular formula is C20H33NO. The van der Waals surface area contributed by atoms with Crippen LogP contribution in [0.2, 0.25) is 0 Å². The monoisotopic (exact) mass is 303 g/mol. The van der Waals surface area contributed by atoms with Crippen molar-refractivity contribution in [2.75, 3.05) is 6.61 Å². The van der Waals surface area contributed by atoms with Gasteiger partial charge in [0.25, 0.3) is 0 Å². The molecular weight excluding hydrogens is 270 g/mol. The second-order valence-corrected chi connectivity index (χ2v) is 7.22. The number of unbranched alkanes of at least 4 members (excludes halogenated alkanes) is 5. The number of aliphatic hydroxyl groups excluding tert-OH is 1. The van der Waals surface area contributed by atoms with Crippen LogP contribution in [0.25, 0.3) is 0 Å². The van der Waals surface area contributed by atoms with Crippen molar-refractivity contribution in [2.24, 2.45) is 5.73 Å². The van der Waals surface area contributed by atoms with Crippen LogP contribution in [0.1, 0.15) is 81.8 Å². The lowest BCUT2D eigenvalue weighted by atomic mass is 9.92. The highest BCUT2D eigenvalue weighted by molar-refractivity contribution is 5.27. The number of aryl methyl sites for hydroxylation is 1. The zero-order valence-electron chi connectivity index (χ0n) is 14.2. The second kappa shape index (κ2) is 8.69. The van der Waals surface area contributed by atoms with Crippen LogP contribution >= 0.6 is 0 Å². The van der Waals surface area contributed by atoms with Crippen LogP contribution in [0, 0.1) is 0 Å². The predicted molar refractivity (Wildman–Crippen MR) is 94.1 cm³/mol. The lowest BCUT2D eigenvalue weighted by Gasteiger charge is -2.21. The molecule has 0 aromatic heterocycles. The molecule has 1 aliphatic rings. The van der Waals surface area contributed by atoms with Gasteiger partial charge in [-0.15, -0.1) is 0 Å². The number of hydrogen-bond donors (Lipinski definition) is 2. The third kappa shape index (κ3) is 5.10. The highest BCUT2D eigenvalue weighted by atomic mass is 16.3. The van der Waals surface area contributed by atoms with E-state index in [0.29, 0.717) is 5.92 Å². The quantitative estimate of drug-likeness (QED) is 0.658. The van der Waals surface area contributed by atoms with E-state index in [1.54, 1.807) is 0 Å². The number of nitrogens with two attached hydrogens (primary N) is 1. The van der Waals surface area contributed by atoms with Crippen LogP contribution in [0.15, 0.2) is 24.3 Å². The molecule has 0 heterocycles. The van der Waals surface area contributed by atoms with Crippen molar-refractivity contribution in [1.29, 1.82) is 0 Å². The number of aliphatic hydroxyl groups is 1. The average molecular weight is 303 g/mol. The van der Waals surface area contributed by atoms with E-state index in [1.807, 2.05) is 0 Å². The molecule has 0 amide bonds. The Kier molecular flexibility index (Phi) is 6.91. The first kappa shape index (κ1) is 17.5. The molecule has 1 aliphatic carbocycles. The van der Waals surface area contributed by atoms with Crippen LogP contribution in [0.5, 0.6) is 0 Å². The molecule has 0 spiro atoms. The summed E-state index contributed by atoms with van der Waals surface area (Å²) in [6.07, 6.45) is 12.3. The first-order valence-electron chi connectivity index (χ1n) is 9.15. The minimum Gasteiger partial charge on any atom is -0.394 e. The van der Waals surface area contributed by atoms with Crippen LogP contribution in [-0.4, -0.2) is 17.3 Å². The smallest absolute Gasteiger partial charge is 0.0611 e. The van der Waals surface area contributed by atoms with E-state index >= 15 is 0 Å². The molecule has 0 bridgehead atoms. The number of benzene rings is 1. The largest absolute Gasteiger partial charge is 0.394 e. The van der Waals surface area contributed by atoms with E-state index < -0.39 is 0 Å². The average Bonchev–Trinajstić information content (AvgIpc) is 2.94. The van der Waals surface area contributed by atoms with Gasteiger partial charge in [0.15, 0.2) is 0 Å². The first-order valence-corrected chi connectivity index (χ1v) is 9.15. The Hall–Kier alpha value is -0.860. The Bertz CT molecular complexity index is 428. The highest BCUT2D eigenvalue weighted by Crippen LogP contribution is 2.39. The molecule has 0 saturated heterocycles. The number of rotatable bonds is 9. The van der Waals surface area contributed by atoms with Crippen molar-refractivity contribution in [2.45, 2.75) is 82.6 Å². The molecule has 3 N–H and O–H groups in total. The number of hydrogen-bond acceptors (Lipinski definition) is 2. The lowest BCUT2D eigenvalue weighted by molar-refractivity contribution is 0.198. The summed E-state index contributed by atoms with van der Waals surface area (Å²) in [4.78, 5) is 0. The zero-order valence-corrected chi connectivity index (χ0v) is 14.2. The molecule has 1 aromatic rings. The molecule has 2 nitrogen and oxygen atoms in total. The molecule has 1 fully saturated rings.